The number of carbonyl (C=O) groups excluding carboxylic acids is 1. The van der Waals surface area contributed by atoms with Gasteiger partial charge in [0.1, 0.15) is 5.69 Å². The predicted octanol–water partition coefficient (Wildman–Crippen LogP) is 3.09. The average molecular weight is 368 g/mol. The van der Waals surface area contributed by atoms with Crippen LogP contribution in [-0.2, 0) is 0 Å². The van der Waals surface area contributed by atoms with Gasteiger partial charge in [0.15, 0.2) is 0 Å². The molecule has 1 aromatic carbocycles. The second kappa shape index (κ2) is 7.17. The number of piperazine rings is 1. The molecule has 0 bridgehead atoms. The van der Waals surface area contributed by atoms with E-state index in [-0.39, 0.29) is 5.91 Å². The lowest BCUT2D eigenvalue weighted by atomic mass is 10.2. The van der Waals surface area contributed by atoms with Crippen molar-refractivity contribution in [2.45, 2.75) is 0 Å². The van der Waals surface area contributed by atoms with E-state index in [2.05, 4.69) is 20.1 Å². The number of carbonyl (C=O) groups is 1. The largest absolute Gasteiger partial charge is 0.368 e. The maximum Gasteiger partial charge on any atom is 0.272 e. The molecule has 6 nitrogen and oxygen atoms in total. The summed E-state index contributed by atoms with van der Waals surface area (Å²) in [6.07, 6.45) is 3.42. The van der Waals surface area contributed by atoms with Gasteiger partial charge >= 0.3 is 0 Å². The third-order valence-electron chi connectivity index (χ3n) is 4.54. The highest BCUT2D eigenvalue weighted by atomic mass is 35.5. The summed E-state index contributed by atoms with van der Waals surface area (Å²) in [7, 11) is 0. The first-order valence-corrected chi connectivity index (χ1v) is 8.84. The zero-order valence-corrected chi connectivity index (χ0v) is 14.9. The van der Waals surface area contributed by atoms with E-state index >= 15 is 0 Å². The van der Waals surface area contributed by atoms with Gasteiger partial charge in [0.25, 0.3) is 5.91 Å². The smallest absolute Gasteiger partial charge is 0.272 e. The fourth-order valence-corrected chi connectivity index (χ4v) is 3.22. The van der Waals surface area contributed by atoms with E-state index in [1.54, 1.807) is 18.5 Å². The lowest BCUT2D eigenvalue weighted by molar-refractivity contribution is 0.0741. The van der Waals surface area contributed by atoms with Crippen molar-refractivity contribution in [1.82, 2.24) is 20.1 Å². The maximum atomic E-state index is 12.7. The minimum Gasteiger partial charge on any atom is -0.368 e. The molecule has 132 valence electrons. The van der Waals surface area contributed by atoms with E-state index < -0.39 is 0 Å². The number of pyridine rings is 1. The predicted molar refractivity (Wildman–Crippen MR) is 101 cm³/mol. The Morgan fingerprint density at radius 1 is 1.00 bits per heavy atom. The summed E-state index contributed by atoms with van der Waals surface area (Å²) in [5.41, 5.74) is 3.32. The van der Waals surface area contributed by atoms with Gasteiger partial charge in [-0.25, -0.2) is 0 Å². The van der Waals surface area contributed by atoms with E-state index in [1.165, 1.54) is 0 Å². The van der Waals surface area contributed by atoms with Crippen molar-refractivity contribution in [3.05, 3.63) is 65.6 Å². The van der Waals surface area contributed by atoms with Crippen LogP contribution in [0, 0.1) is 0 Å². The van der Waals surface area contributed by atoms with Crippen LogP contribution in [-0.4, -0.2) is 52.2 Å². The van der Waals surface area contributed by atoms with Gasteiger partial charge in [0.2, 0.25) is 0 Å². The summed E-state index contributed by atoms with van der Waals surface area (Å²) >= 11 is 5.95. The molecule has 0 radical (unpaired) electrons. The van der Waals surface area contributed by atoms with Gasteiger partial charge in [0.05, 0.1) is 5.69 Å². The summed E-state index contributed by atoms with van der Waals surface area (Å²) < 4.78 is 0. The number of amides is 1. The SMILES string of the molecule is O=C(c1cc(-c2ccncc2)n[nH]1)N1CCN(c2ccc(Cl)cc2)CC1. The normalized spacial score (nSPS) is 14.5. The standard InChI is InChI=1S/C19H18ClN5O/c20-15-1-3-16(4-2-15)24-9-11-25(12-10-24)19(26)18-13-17(22-23-18)14-5-7-21-8-6-14/h1-8,13H,9-12H2,(H,22,23). The average Bonchev–Trinajstić information content (AvgIpc) is 3.19. The highest BCUT2D eigenvalue weighted by Gasteiger charge is 2.23. The Hall–Kier alpha value is -2.86. The third kappa shape index (κ3) is 3.41. The van der Waals surface area contributed by atoms with Crippen molar-refractivity contribution >= 4 is 23.2 Å². The van der Waals surface area contributed by atoms with E-state index in [0.29, 0.717) is 18.8 Å². The van der Waals surface area contributed by atoms with Gasteiger partial charge in [-0.1, -0.05) is 11.6 Å². The first kappa shape index (κ1) is 16.6. The van der Waals surface area contributed by atoms with Crippen LogP contribution < -0.4 is 4.90 Å². The second-order valence-corrected chi connectivity index (χ2v) is 6.59. The van der Waals surface area contributed by atoms with Crippen LogP contribution >= 0.6 is 11.6 Å². The Morgan fingerprint density at radius 3 is 2.38 bits per heavy atom. The van der Waals surface area contributed by atoms with Crippen molar-refractivity contribution in [3.8, 4) is 11.3 Å². The zero-order chi connectivity index (χ0) is 17.9. The monoisotopic (exact) mass is 367 g/mol. The van der Waals surface area contributed by atoms with Crippen molar-refractivity contribution in [3.63, 3.8) is 0 Å². The van der Waals surface area contributed by atoms with Crippen LogP contribution in [0.3, 0.4) is 0 Å². The Balaban J connectivity index is 1.41. The molecule has 26 heavy (non-hydrogen) atoms. The molecule has 0 aliphatic carbocycles. The van der Waals surface area contributed by atoms with Crippen molar-refractivity contribution in [2.75, 3.05) is 31.1 Å². The van der Waals surface area contributed by atoms with Crippen LogP contribution in [0.2, 0.25) is 5.02 Å². The Kier molecular flexibility index (Phi) is 4.58. The summed E-state index contributed by atoms with van der Waals surface area (Å²) in [4.78, 5) is 20.9. The number of rotatable bonds is 3. The first-order valence-electron chi connectivity index (χ1n) is 8.46. The molecule has 0 saturated carbocycles. The molecular weight excluding hydrogens is 350 g/mol. The first-order chi connectivity index (χ1) is 12.7. The lowest BCUT2D eigenvalue weighted by Crippen LogP contribution is -2.48. The maximum absolute atomic E-state index is 12.7. The third-order valence-corrected chi connectivity index (χ3v) is 4.79. The summed E-state index contributed by atoms with van der Waals surface area (Å²) in [6, 6.07) is 13.3. The van der Waals surface area contributed by atoms with Crippen LogP contribution in [0.1, 0.15) is 10.5 Å². The molecule has 1 fully saturated rings. The Labute approximate surface area is 156 Å². The minimum absolute atomic E-state index is 0.0198. The van der Waals surface area contributed by atoms with Crippen LogP contribution in [0.25, 0.3) is 11.3 Å². The Bertz CT molecular complexity index is 886. The topological polar surface area (TPSA) is 65.1 Å². The molecular formula is C19H18ClN5O. The van der Waals surface area contributed by atoms with Crippen LogP contribution in [0.4, 0.5) is 5.69 Å². The minimum atomic E-state index is -0.0198. The lowest BCUT2D eigenvalue weighted by Gasteiger charge is -2.35. The van der Waals surface area contributed by atoms with Gasteiger partial charge in [-0.15, -0.1) is 0 Å². The quantitative estimate of drug-likeness (QED) is 0.772. The molecule has 3 aromatic rings. The van der Waals surface area contributed by atoms with E-state index in [1.807, 2.05) is 41.3 Å². The van der Waals surface area contributed by atoms with Crippen LogP contribution in [0.5, 0.6) is 0 Å². The number of nitrogens with one attached hydrogen (secondary N) is 1. The molecule has 1 aliphatic heterocycles. The molecule has 0 spiro atoms. The van der Waals surface area contributed by atoms with Gasteiger partial charge < -0.3 is 9.80 Å². The number of benzene rings is 1. The molecule has 7 heteroatoms. The molecule has 1 N–H and O–H groups in total. The van der Waals surface area contributed by atoms with Gasteiger partial charge in [-0.05, 0) is 42.5 Å². The number of aromatic amines is 1. The molecule has 1 amide bonds. The second-order valence-electron chi connectivity index (χ2n) is 6.16. The molecule has 0 unspecified atom stereocenters. The summed E-state index contributed by atoms with van der Waals surface area (Å²) in [6.45, 7) is 2.92. The van der Waals surface area contributed by atoms with Crippen molar-refractivity contribution in [2.24, 2.45) is 0 Å². The highest BCUT2D eigenvalue weighted by molar-refractivity contribution is 6.30. The zero-order valence-electron chi connectivity index (χ0n) is 14.1. The number of hydrogen-bond donors (Lipinski definition) is 1. The van der Waals surface area contributed by atoms with Gasteiger partial charge in [-0.2, -0.15) is 5.10 Å². The molecule has 4 rings (SSSR count). The number of hydrogen-bond acceptors (Lipinski definition) is 4. The number of anilines is 1. The molecule has 0 atom stereocenters. The Morgan fingerprint density at radius 2 is 1.69 bits per heavy atom. The number of halogens is 1. The van der Waals surface area contributed by atoms with E-state index in [0.717, 1.165) is 35.1 Å². The van der Waals surface area contributed by atoms with E-state index in [4.69, 9.17) is 11.6 Å². The van der Waals surface area contributed by atoms with Crippen LogP contribution in [0.15, 0.2) is 54.9 Å². The summed E-state index contributed by atoms with van der Waals surface area (Å²) in [5, 5.41) is 7.84. The highest BCUT2D eigenvalue weighted by Crippen LogP contribution is 2.21. The number of aromatic nitrogens is 3. The van der Waals surface area contributed by atoms with Crippen molar-refractivity contribution in [1.29, 1.82) is 0 Å². The summed E-state index contributed by atoms with van der Waals surface area (Å²) in [5.74, 6) is -0.0198. The van der Waals surface area contributed by atoms with E-state index in [9.17, 15) is 4.79 Å². The number of nitrogens with zero attached hydrogens (tertiary/aromatic N) is 4. The number of H-pyrrole nitrogens is 1. The van der Waals surface area contributed by atoms with Gasteiger partial charge in [0, 0.05) is 54.8 Å². The van der Waals surface area contributed by atoms with Crippen molar-refractivity contribution < 1.29 is 4.79 Å². The fraction of sp³-hybridized carbons (Fsp3) is 0.211. The molecule has 1 saturated heterocycles. The molecule has 2 aromatic heterocycles. The fourth-order valence-electron chi connectivity index (χ4n) is 3.09. The van der Waals surface area contributed by atoms with Gasteiger partial charge in [-0.3, -0.25) is 14.9 Å². The molecule has 3 heterocycles. The molecule has 1 aliphatic rings.